The summed E-state index contributed by atoms with van der Waals surface area (Å²) < 4.78 is 0. The predicted octanol–water partition coefficient (Wildman–Crippen LogP) is 4.23. The first-order chi connectivity index (χ1) is 10.1. The molecule has 0 atom stereocenters. The smallest absolute Gasteiger partial charge is 0.0921 e. The molecule has 0 saturated carbocycles. The van der Waals surface area contributed by atoms with E-state index in [-0.39, 0.29) is 0 Å². The largest absolute Gasteiger partial charge is 0.399 e. The van der Waals surface area contributed by atoms with Crippen LogP contribution in [0.15, 0.2) is 61.1 Å². The van der Waals surface area contributed by atoms with Crippen LogP contribution >= 0.6 is 11.6 Å². The fraction of sp³-hybridized carbons (Fsp3) is 0.118. The van der Waals surface area contributed by atoms with E-state index in [4.69, 9.17) is 17.3 Å². The standard InChI is InChI=1S/C11H12N2.C6H6ClN/c1-9-2-4-10(5-3-9)6-11-7-12-8-13-11;7-5-2-1-3-6(8)4-5/h2-5,7-8H,6H2,1H3,(H,12,13);1-4H,8H2. The highest BCUT2D eigenvalue weighted by Crippen LogP contribution is 2.10. The van der Waals surface area contributed by atoms with Gasteiger partial charge >= 0.3 is 0 Å². The minimum absolute atomic E-state index is 0.685. The van der Waals surface area contributed by atoms with Crippen LogP contribution in [0, 0.1) is 6.92 Å². The van der Waals surface area contributed by atoms with Gasteiger partial charge in [0.05, 0.1) is 6.33 Å². The number of nitrogens with zero attached hydrogens (tertiary/aromatic N) is 1. The van der Waals surface area contributed by atoms with Crippen LogP contribution in [0.5, 0.6) is 0 Å². The summed E-state index contributed by atoms with van der Waals surface area (Å²) in [6.07, 6.45) is 4.50. The third kappa shape index (κ3) is 5.32. The number of rotatable bonds is 2. The van der Waals surface area contributed by atoms with E-state index in [1.165, 1.54) is 11.1 Å². The van der Waals surface area contributed by atoms with Gasteiger partial charge in [-0.25, -0.2) is 4.98 Å². The minimum atomic E-state index is 0.685. The van der Waals surface area contributed by atoms with Crippen molar-refractivity contribution in [2.24, 2.45) is 0 Å². The Labute approximate surface area is 129 Å². The van der Waals surface area contributed by atoms with Crippen LogP contribution in [0.25, 0.3) is 0 Å². The van der Waals surface area contributed by atoms with Crippen LogP contribution in [0.1, 0.15) is 16.8 Å². The molecule has 0 spiro atoms. The van der Waals surface area contributed by atoms with E-state index in [2.05, 4.69) is 41.2 Å². The summed E-state index contributed by atoms with van der Waals surface area (Å²) in [6, 6.07) is 15.7. The van der Waals surface area contributed by atoms with E-state index >= 15 is 0 Å². The molecule has 0 bridgehead atoms. The van der Waals surface area contributed by atoms with E-state index in [0.29, 0.717) is 10.7 Å². The second kappa shape index (κ2) is 7.50. The van der Waals surface area contributed by atoms with Gasteiger partial charge in [0, 0.05) is 29.0 Å². The number of anilines is 1. The van der Waals surface area contributed by atoms with Crippen LogP contribution < -0.4 is 5.73 Å². The van der Waals surface area contributed by atoms with Gasteiger partial charge in [-0.1, -0.05) is 47.5 Å². The number of aryl methyl sites for hydroxylation is 1. The Morgan fingerprint density at radius 1 is 1.14 bits per heavy atom. The molecule has 3 aromatic rings. The van der Waals surface area contributed by atoms with Gasteiger partial charge in [0.1, 0.15) is 0 Å². The Kier molecular flexibility index (Phi) is 5.41. The van der Waals surface area contributed by atoms with Gasteiger partial charge in [0.2, 0.25) is 0 Å². The summed E-state index contributed by atoms with van der Waals surface area (Å²) in [6.45, 7) is 2.10. The number of nitrogen functional groups attached to an aromatic ring is 1. The summed E-state index contributed by atoms with van der Waals surface area (Å²) >= 11 is 5.56. The second-order valence-electron chi connectivity index (χ2n) is 4.79. The number of halogens is 1. The summed E-state index contributed by atoms with van der Waals surface area (Å²) in [5.74, 6) is 0. The molecule has 4 heteroatoms. The summed E-state index contributed by atoms with van der Waals surface area (Å²) in [7, 11) is 0. The number of hydrogen-bond acceptors (Lipinski definition) is 2. The molecule has 0 amide bonds. The van der Waals surface area contributed by atoms with Crippen molar-refractivity contribution in [2.75, 3.05) is 5.73 Å². The van der Waals surface area contributed by atoms with Gasteiger partial charge < -0.3 is 10.7 Å². The quantitative estimate of drug-likeness (QED) is 0.696. The minimum Gasteiger partial charge on any atom is -0.399 e. The SMILES string of the molecule is Cc1ccc(Cc2cnc[nH]2)cc1.Nc1cccc(Cl)c1. The van der Waals surface area contributed by atoms with E-state index < -0.39 is 0 Å². The average Bonchev–Trinajstić information content (AvgIpc) is 2.95. The normalized spacial score (nSPS) is 9.81. The lowest BCUT2D eigenvalue weighted by Crippen LogP contribution is -1.87. The molecular formula is C17H18ClN3. The van der Waals surface area contributed by atoms with Crippen LogP contribution in [0.4, 0.5) is 5.69 Å². The van der Waals surface area contributed by atoms with Crippen LogP contribution in [-0.2, 0) is 6.42 Å². The molecular weight excluding hydrogens is 282 g/mol. The molecule has 0 aliphatic carbocycles. The van der Waals surface area contributed by atoms with Gasteiger partial charge in [-0.05, 0) is 30.7 Å². The molecule has 108 valence electrons. The van der Waals surface area contributed by atoms with Crippen molar-refractivity contribution in [3.63, 3.8) is 0 Å². The zero-order valence-electron chi connectivity index (χ0n) is 11.9. The number of imidazole rings is 1. The number of hydrogen-bond donors (Lipinski definition) is 2. The number of aromatic amines is 1. The fourth-order valence-corrected chi connectivity index (χ4v) is 2.01. The van der Waals surface area contributed by atoms with Crippen molar-refractivity contribution in [2.45, 2.75) is 13.3 Å². The van der Waals surface area contributed by atoms with Crippen LogP contribution in [0.2, 0.25) is 5.02 Å². The molecule has 0 fully saturated rings. The number of nitrogens with two attached hydrogens (primary N) is 1. The molecule has 0 radical (unpaired) electrons. The van der Waals surface area contributed by atoms with Crippen molar-refractivity contribution >= 4 is 17.3 Å². The van der Waals surface area contributed by atoms with Crippen molar-refractivity contribution in [1.82, 2.24) is 9.97 Å². The fourth-order valence-electron chi connectivity index (χ4n) is 1.81. The molecule has 0 unspecified atom stereocenters. The average molecular weight is 300 g/mol. The van der Waals surface area contributed by atoms with Crippen LogP contribution in [-0.4, -0.2) is 9.97 Å². The molecule has 0 aliphatic heterocycles. The third-order valence-corrected chi connectivity index (χ3v) is 3.15. The number of aromatic nitrogens is 2. The molecule has 3 rings (SSSR count). The van der Waals surface area contributed by atoms with Gasteiger partial charge in [-0.15, -0.1) is 0 Å². The lowest BCUT2D eigenvalue weighted by Gasteiger charge is -1.98. The topological polar surface area (TPSA) is 54.7 Å². The number of benzene rings is 2. The Bertz CT molecular complexity index is 644. The Balaban J connectivity index is 0.000000173. The Morgan fingerprint density at radius 3 is 2.43 bits per heavy atom. The molecule has 3 N–H and O–H groups in total. The second-order valence-corrected chi connectivity index (χ2v) is 5.23. The molecule has 0 saturated heterocycles. The maximum absolute atomic E-state index is 5.56. The zero-order chi connectivity index (χ0) is 15.1. The first-order valence-corrected chi connectivity index (χ1v) is 7.05. The Hall–Kier alpha value is -2.26. The molecule has 3 nitrogen and oxygen atoms in total. The summed E-state index contributed by atoms with van der Waals surface area (Å²) in [5.41, 5.74) is 9.85. The zero-order valence-corrected chi connectivity index (χ0v) is 12.6. The van der Waals surface area contributed by atoms with Crippen molar-refractivity contribution < 1.29 is 0 Å². The molecule has 2 aromatic carbocycles. The first kappa shape index (κ1) is 15.1. The molecule has 21 heavy (non-hydrogen) atoms. The first-order valence-electron chi connectivity index (χ1n) is 6.67. The van der Waals surface area contributed by atoms with Gasteiger partial charge in [-0.2, -0.15) is 0 Å². The van der Waals surface area contributed by atoms with E-state index in [9.17, 15) is 0 Å². The monoisotopic (exact) mass is 299 g/mol. The highest BCUT2D eigenvalue weighted by atomic mass is 35.5. The molecule has 0 aliphatic rings. The van der Waals surface area contributed by atoms with Crippen molar-refractivity contribution in [3.8, 4) is 0 Å². The highest BCUT2D eigenvalue weighted by molar-refractivity contribution is 6.30. The lowest BCUT2D eigenvalue weighted by atomic mass is 10.1. The van der Waals surface area contributed by atoms with Crippen LogP contribution in [0.3, 0.4) is 0 Å². The maximum atomic E-state index is 5.56. The van der Waals surface area contributed by atoms with Gasteiger partial charge in [-0.3, -0.25) is 0 Å². The molecule has 1 heterocycles. The van der Waals surface area contributed by atoms with E-state index in [1.807, 2.05) is 12.3 Å². The lowest BCUT2D eigenvalue weighted by molar-refractivity contribution is 1.10. The van der Waals surface area contributed by atoms with Crippen molar-refractivity contribution in [1.29, 1.82) is 0 Å². The number of H-pyrrole nitrogens is 1. The predicted molar refractivity (Wildman–Crippen MR) is 88.4 cm³/mol. The Morgan fingerprint density at radius 2 is 1.90 bits per heavy atom. The number of nitrogens with one attached hydrogen (secondary N) is 1. The highest BCUT2D eigenvalue weighted by Gasteiger charge is 1.95. The van der Waals surface area contributed by atoms with Gasteiger partial charge in [0.15, 0.2) is 0 Å². The maximum Gasteiger partial charge on any atom is 0.0921 e. The van der Waals surface area contributed by atoms with Gasteiger partial charge in [0.25, 0.3) is 0 Å². The van der Waals surface area contributed by atoms with E-state index in [0.717, 1.165) is 12.1 Å². The van der Waals surface area contributed by atoms with Crippen molar-refractivity contribution in [3.05, 3.63) is 82.9 Å². The van der Waals surface area contributed by atoms with E-state index in [1.54, 1.807) is 24.5 Å². The summed E-state index contributed by atoms with van der Waals surface area (Å²) in [5, 5.41) is 0.685. The third-order valence-electron chi connectivity index (χ3n) is 2.92. The summed E-state index contributed by atoms with van der Waals surface area (Å²) in [4.78, 5) is 7.07. The molecule has 1 aromatic heterocycles.